The average molecular weight is 221 g/mol. The second-order valence-corrected chi connectivity index (χ2v) is 3.85. The molecule has 16 heavy (non-hydrogen) atoms. The molecule has 1 fully saturated rings. The van der Waals surface area contributed by atoms with Crippen LogP contribution in [-0.4, -0.2) is 28.5 Å². The maximum Gasteiger partial charge on any atom is 0.296 e. The molecular weight excluding hydrogens is 210 g/mol. The topological polar surface area (TPSA) is 74.2 Å². The van der Waals surface area contributed by atoms with Crippen LogP contribution in [0.3, 0.4) is 0 Å². The first-order valence-corrected chi connectivity index (χ1v) is 5.18. The summed E-state index contributed by atoms with van der Waals surface area (Å²) in [7, 11) is 0. The minimum absolute atomic E-state index is 0.238. The fourth-order valence-electron chi connectivity index (χ4n) is 1.70. The fraction of sp³-hybridized carbons (Fsp3) is 0.500. The van der Waals surface area contributed by atoms with E-state index in [2.05, 4.69) is 15.3 Å². The molecule has 1 saturated heterocycles. The average Bonchev–Trinajstić information content (AvgIpc) is 2.97. The first-order chi connectivity index (χ1) is 7.83. The molecule has 6 nitrogen and oxygen atoms in total. The van der Waals surface area contributed by atoms with Gasteiger partial charge in [0.05, 0.1) is 12.3 Å². The lowest BCUT2D eigenvalue weighted by Gasteiger charge is -1.97. The van der Waals surface area contributed by atoms with Crippen molar-refractivity contribution < 1.29 is 13.8 Å². The molecule has 0 aliphatic carbocycles. The highest BCUT2D eigenvalue weighted by atomic mass is 16.5. The monoisotopic (exact) mass is 221 g/mol. The molecule has 3 rings (SSSR count). The van der Waals surface area contributed by atoms with Crippen molar-refractivity contribution in [2.45, 2.75) is 19.3 Å². The molecule has 0 amide bonds. The SMILES string of the molecule is Cc1cc(-c2nc(C3CCOC3)no2)on1. The van der Waals surface area contributed by atoms with E-state index in [1.165, 1.54) is 0 Å². The highest BCUT2D eigenvalue weighted by Gasteiger charge is 2.24. The number of ether oxygens (including phenoxy) is 1. The van der Waals surface area contributed by atoms with Gasteiger partial charge in [-0.3, -0.25) is 0 Å². The summed E-state index contributed by atoms with van der Waals surface area (Å²) in [6.45, 7) is 3.26. The van der Waals surface area contributed by atoms with Crippen LogP contribution in [0.15, 0.2) is 15.1 Å². The summed E-state index contributed by atoms with van der Waals surface area (Å²) >= 11 is 0. The maximum absolute atomic E-state index is 5.27. The molecule has 2 aromatic heterocycles. The lowest BCUT2D eigenvalue weighted by molar-refractivity contribution is 0.192. The molecule has 3 heterocycles. The molecule has 84 valence electrons. The zero-order valence-corrected chi connectivity index (χ0v) is 8.84. The highest BCUT2D eigenvalue weighted by Crippen LogP contribution is 2.25. The van der Waals surface area contributed by atoms with Crippen LogP contribution in [-0.2, 0) is 4.74 Å². The Morgan fingerprint density at radius 3 is 2.94 bits per heavy atom. The molecule has 6 heteroatoms. The molecule has 0 N–H and O–H groups in total. The van der Waals surface area contributed by atoms with E-state index in [0.29, 0.717) is 24.1 Å². The van der Waals surface area contributed by atoms with Crippen molar-refractivity contribution in [3.63, 3.8) is 0 Å². The Kier molecular flexibility index (Phi) is 2.21. The Balaban J connectivity index is 1.87. The van der Waals surface area contributed by atoms with Crippen LogP contribution in [0, 0.1) is 6.92 Å². The number of aromatic nitrogens is 3. The van der Waals surface area contributed by atoms with Crippen molar-refractivity contribution in [3.05, 3.63) is 17.6 Å². The van der Waals surface area contributed by atoms with E-state index < -0.39 is 0 Å². The molecule has 0 saturated carbocycles. The summed E-state index contributed by atoms with van der Waals surface area (Å²) in [5.41, 5.74) is 0.791. The van der Waals surface area contributed by atoms with Crippen molar-refractivity contribution in [1.82, 2.24) is 15.3 Å². The van der Waals surface area contributed by atoms with Crippen LogP contribution in [0.25, 0.3) is 11.7 Å². The van der Waals surface area contributed by atoms with Crippen LogP contribution in [0.4, 0.5) is 0 Å². The van der Waals surface area contributed by atoms with E-state index in [0.717, 1.165) is 18.7 Å². The van der Waals surface area contributed by atoms with Gasteiger partial charge in [-0.2, -0.15) is 4.98 Å². The summed E-state index contributed by atoms with van der Waals surface area (Å²) in [6.07, 6.45) is 0.939. The van der Waals surface area contributed by atoms with E-state index in [4.69, 9.17) is 13.8 Å². The third-order valence-electron chi connectivity index (χ3n) is 2.58. The van der Waals surface area contributed by atoms with Crippen molar-refractivity contribution in [3.8, 4) is 11.7 Å². The lowest BCUT2D eigenvalue weighted by atomic mass is 10.1. The van der Waals surface area contributed by atoms with Crippen molar-refractivity contribution >= 4 is 0 Å². The van der Waals surface area contributed by atoms with Crippen molar-refractivity contribution in [2.24, 2.45) is 0 Å². The summed E-state index contributed by atoms with van der Waals surface area (Å²) in [6, 6.07) is 1.77. The number of rotatable bonds is 2. The Morgan fingerprint density at radius 1 is 1.31 bits per heavy atom. The van der Waals surface area contributed by atoms with Crippen LogP contribution < -0.4 is 0 Å². The predicted octanol–water partition coefficient (Wildman–Crippen LogP) is 1.54. The van der Waals surface area contributed by atoms with Gasteiger partial charge >= 0.3 is 0 Å². The quantitative estimate of drug-likeness (QED) is 0.765. The van der Waals surface area contributed by atoms with E-state index >= 15 is 0 Å². The van der Waals surface area contributed by atoms with E-state index in [-0.39, 0.29) is 5.92 Å². The largest absolute Gasteiger partial charge is 0.381 e. The Hall–Kier alpha value is -1.69. The van der Waals surface area contributed by atoms with Gasteiger partial charge in [0.25, 0.3) is 5.89 Å². The van der Waals surface area contributed by atoms with Gasteiger partial charge in [0.2, 0.25) is 5.76 Å². The molecular formula is C10H11N3O3. The molecule has 2 aromatic rings. The van der Waals surface area contributed by atoms with Crippen LogP contribution in [0.2, 0.25) is 0 Å². The fourth-order valence-corrected chi connectivity index (χ4v) is 1.70. The van der Waals surface area contributed by atoms with Gasteiger partial charge in [-0.25, -0.2) is 0 Å². The third-order valence-corrected chi connectivity index (χ3v) is 2.58. The zero-order chi connectivity index (χ0) is 11.0. The molecule has 0 radical (unpaired) electrons. The molecule has 0 bridgehead atoms. The first-order valence-electron chi connectivity index (χ1n) is 5.18. The van der Waals surface area contributed by atoms with E-state index in [1.807, 2.05) is 6.92 Å². The molecule has 1 aliphatic heterocycles. The standard InChI is InChI=1S/C10H11N3O3/c1-6-4-8(15-12-6)10-11-9(13-16-10)7-2-3-14-5-7/h4,7H,2-3,5H2,1H3. The lowest BCUT2D eigenvalue weighted by Crippen LogP contribution is -1.99. The Morgan fingerprint density at radius 2 is 2.25 bits per heavy atom. The zero-order valence-electron chi connectivity index (χ0n) is 8.84. The number of hydrogen-bond acceptors (Lipinski definition) is 6. The second-order valence-electron chi connectivity index (χ2n) is 3.85. The van der Waals surface area contributed by atoms with Gasteiger partial charge in [-0.1, -0.05) is 10.3 Å². The number of hydrogen-bond donors (Lipinski definition) is 0. The summed E-state index contributed by atoms with van der Waals surface area (Å²) in [5, 5.41) is 7.70. The maximum atomic E-state index is 5.27. The molecule has 0 spiro atoms. The first kappa shape index (κ1) is 9.53. The third kappa shape index (κ3) is 1.61. The van der Waals surface area contributed by atoms with Gasteiger partial charge in [-0.15, -0.1) is 0 Å². The van der Waals surface area contributed by atoms with Crippen LogP contribution in [0.1, 0.15) is 23.9 Å². The Labute approximate surface area is 91.6 Å². The molecule has 1 aliphatic rings. The van der Waals surface area contributed by atoms with Crippen molar-refractivity contribution in [2.75, 3.05) is 13.2 Å². The van der Waals surface area contributed by atoms with E-state index in [1.54, 1.807) is 6.07 Å². The molecule has 1 atom stereocenters. The smallest absolute Gasteiger partial charge is 0.296 e. The van der Waals surface area contributed by atoms with Crippen molar-refractivity contribution in [1.29, 1.82) is 0 Å². The normalized spacial score (nSPS) is 20.4. The van der Waals surface area contributed by atoms with Gasteiger partial charge < -0.3 is 13.8 Å². The van der Waals surface area contributed by atoms with Gasteiger partial charge in [0, 0.05) is 18.6 Å². The predicted molar refractivity (Wildman–Crippen MR) is 52.7 cm³/mol. The molecule has 1 unspecified atom stereocenters. The summed E-state index contributed by atoms with van der Waals surface area (Å²) in [5.74, 6) is 1.81. The molecule has 0 aromatic carbocycles. The highest BCUT2D eigenvalue weighted by molar-refractivity contribution is 5.43. The summed E-state index contributed by atoms with van der Waals surface area (Å²) in [4.78, 5) is 4.28. The number of aryl methyl sites for hydroxylation is 1. The van der Waals surface area contributed by atoms with Gasteiger partial charge in [0.1, 0.15) is 0 Å². The minimum Gasteiger partial charge on any atom is -0.381 e. The van der Waals surface area contributed by atoms with Crippen LogP contribution in [0.5, 0.6) is 0 Å². The van der Waals surface area contributed by atoms with Gasteiger partial charge in [0.15, 0.2) is 5.82 Å². The minimum atomic E-state index is 0.238. The number of nitrogens with zero attached hydrogens (tertiary/aromatic N) is 3. The van der Waals surface area contributed by atoms with Crippen LogP contribution >= 0.6 is 0 Å². The van der Waals surface area contributed by atoms with Gasteiger partial charge in [-0.05, 0) is 13.3 Å². The summed E-state index contributed by atoms with van der Waals surface area (Å²) < 4.78 is 15.4. The van der Waals surface area contributed by atoms with E-state index in [9.17, 15) is 0 Å². The Bertz CT molecular complexity index is 485. The second kappa shape index (κ2) is 3.71.